The highest BCUT2D eigenvalue weighted by atomic mass is 16.5. The van der Waals surface area contributed by atoms with Gasteiger partial charge in [-0.25, -0.2) is 0 Å². The van der Waals surface area contributed by atoms with Crippen LogP contribution in [0, 0.1) is 0 Å². The molecule has 0 fully saturated rings. The summed E-state index contributed by atoms with van der Waals surface area (Å²) in [5, 5.41) is 0. The number of ether oxygens (including phenoxy) is 1. The van der Waals surface area contributed by atoms with E-state index in [1.807, 2.05) is 19.9 Å². The molecular formula is C13H12O3. The summed E-state index contributed by atoms with van der Waals surface area (Å²) >= 11 is 0. The van der Waals surface area contributed by atoms with E-state index in [0.717, 1.165) is 0 Å². The van der Waals surface area contributed by atoms with Crippen LogP contribution in [0.1, 0.15) is 29.8 Å². The zero-order valence-electron chi connectivity index (χ0n) is 9.19. The number of allylic oxidation sites excluding steroid dienone is 1. The van der Waals surface area contributed by atoms with Crippen molar-refractivity contribution in [2.75, 3.05) is 0 Å². The third kappa shape index (κ3) is 1.76. The highest BCUT2D eigenvalue weighted by Gasteiger charge is 2.26. The highest BCUT2D eigenvalue weighted by Crippen LogP contribution is 2.26. The number of hydrogen-bond donors (Lipinski definition) is 0. The molecule has 16 heavy (non-hydrogen) atoms. The molecule has 0 amide bonds. The Balaban J connectivity index is 2.51. The number of carbonyl (C=O) groups is 2. The van der Waals surface area contributed by atoms with Gasteiger partial charge in [0.2, 0.25) is 11.6 Å². The summed E-state index contributed by atoms with van der Waals surface area (Å²) in [5.41, 5.74) is 1.12. The Morgan fingerprint density at radius 3 is 2.31 bits per heavy atom. The van der Waals surface area contributed by atoms with E-state index in [0.29, 0.717) is 16.9 Å². The quantitative estimate of drug-likeness (QED) is 0.712. The molecule has 1 aliphatic carbocycles. The topological polar surface area (TPSA) is 43.4 Å². The molecule has 0 spiro atoms. The lowest BCUT2D eigenvalue weighted by atomic mass is 9.94. The Kier molecular flexibility index (Phi) is 2.60. The summed E-state index contributed by atoms with van der Waals surface area (Å²) < 4.78 is 5.52. The summed E-state index contributed by atoms with van der Waals surface area (Å²) in [6.07, 6.45) is 1.24. The van der Waals surface area contributed by atoms with E-state index in [4.69, 9.17) is 4.74 Å². The number of benzene rings is 1. The molecule has 3 heteroatoms. The van der Waals surface area contributed by atoms with Gasteiger partial charge in [-0.15, -0.1) is 0 Å². The molecule has 0 radical (unpaired) electrons. The second-order valence-corrected chi connectivity index (χ2v) is 3.91. The first-order chi connectivity index (χ1) is 7.59. The molecule has 0 aliphatic heterocycles. The SMILES string of the molecule is CC(C)OC1=CC(=O)C(=O)c2ccccc21. The highest BCUT2D eigenvalue weighted by molar-refractivity contribution is 6.50. The van der Waals surface area contributed by atoms with Crippen LogP contribution in [0.15, 0.2) is 30.3 Å². The average Bonchev–Trinajstić information content (AvgIpc) is 2.25. The Labute approximate surface area is 93.7 Å². The fourth-order valence-corrected chi connectivity index (χ4v) is 1.64. The number of rotatable bonds is 2. The standard InChI is InChI=1S/C13H12O3/c1-8(2)16-12-7-11(14)13(15)10-6-4-3-5-9(10)12/h3-8H,1-2H3. The van der Waals surface area contributed by atoms with Crippen molar-refractivity contribution in [2.45, 2.75) is 20.0 Å². The van der Waals surface area contributed by atoms with Gasteiger partial charge in [0.1, 0.15) is 5.76 Å². The van der Waals surface area contributed by atoms with E-state index in [2.05, 4.69) is 0 Å². The molecule has 1 aromatic rings. The van der Waals surface area contributed by atoms with Gasteiger partial charge in [0.05, 0.1) is 6.10 Å². The molecule has 82 valence electrons. The Morgan fingerprint density at radius 1 is 1.06 bits per heavy atom. The molecule has 1 aromatic carbocycles. The smallest absolute Gasteiger partial charge is 0.233 e. The molecule has 0 bridgehead atoms. The second kappa shape index (κ2) is 3.93. The van der Waals surface area contributed by atoms with Gasteiger partial charge in [-0.2, -0.15) is 0 Å². The summed E-state index contributed by atoms with van der Waals surface area (Å²) in [6, 6.07) is 6.99. The molecule has 0 saturated carbocycles. The average molecular weight is 216 g/mol. The minimum atomic E-state index is -0.519. The van der Waals surface area contributed by atoms with Gasteiger partial charge in [-0.05, 0) is 13.8 Å². The fourth-order valence-electron chi connectivity index (χ4n) is 1.64. The zero-order valence-corrected chi connectivity index (χ0v) is 9.19. The number of fused-ring (bicyclic) bond motifs is 1. The van der Waals surface area contributed by atoms with Crippen LogP contribution in [0.5, 0.6) is 0 Å². The first-order valence-corrected chi connectivity index (χ1v) is 5.16. The van der Waals surface area contributed by atoms with E-state index in [1.54, 1.807) is 18.2 Å². The number of carbonyl (C=O) groups excluding carboxylic acids is 2. The van der Waals surface area contributed by atoms with Crippen LogP contribution < -0.4 is 0 Å². The van der Waals surface area contributed by atoms with Crippen LogP contribution in [0.2, 0.25) is 0 Å². The normalized spacial score (nSPS) is 14.8. The van der Waals surface area contributed by atoms with E-state index < -0.39 is 11.6 Å². The monoisotopic (exact) mass is 216 g/mol. The van der Waals surface area contributed by atoms with Crippen LogP contribution in [0.4, 0.5) is 0 Å². The van der Waals surface area contributed by atoms with Gasteiger partial charge in [-0.1, -0.05) is 24.3 Å². The van der Waals surface area contributed by atoms with Gasteiger partial charge < -0.3 is 4.74 Å². The molecule has 0 heterocycles. The van der Waals surface area contributed by atoms with Gasteiger partial charge >= 0.3 is 0 Å². The van der Waals surface area contributed by atoms with Crippen LogP contribution in [-0.4, -0.2) is 17.7 Å². The van der Waals surface area contributed by atoms with E-state index in [1.165, 1.54) is 6.08 Å². The Bertz CT molecular complexity index is 484. The van der Waals surface area contributed by atoms with Crippen molar-refractivity contribution in [1.29, 1.82) is 0 Å². The van der Waals surface area contributed by atoms with Crippen molar-refractivity contribution in [3.05, 3.63) is 41.5 Å². The number of ketones is 2. The van der Waals surface area contributed by atoms with Crippen molar-refractivity contribution in [3.8, 4) is 0 Å². The van der Waals surface area contributed by atoms with Crippen molar-refractivity contribution < 1.29 is 14.3 Å². The summed E-state index contributed by atoms with van der Waals surface area (Å²) in [6.45, 7) is 3.76. The van der Waals surface area contributed by atoms with Gasteiger partial charge in [-0.3, -0.25) is 9.59 Å². The molecule has 3 nitrogen and oxygen atoms in total. The van der Waals surface area contributed by atoms with Crippen molar-refractivity contribution >= 4 is 17.3 Å². The molecule has 0 N–H and O–H groups in total. The summed E-state index contributed by atoms with van der Waals surface area (Å²) in [7, 11) is 0. The van der Waals surface area contributed by atoms with E-state index in [9.17, 15) is 9.59 Å². The third-order valence-electron chi connectivity index (χ3n) is 2.29. The number of Topliss-reactive ketones (excluding diaryl/α,β-unsaturated/α-hetero) is 1. The maximum atomic E-state index is 11.6. The summed E-state index contributed by atoms with van der Waals surface area (Å²) in [4.78, 5) is 23.0. The molecule has 0 unspecified atom stereocenters. The predicted octanol–water partition coefficient (Wildman–Crippen LogP) is 2.22. The lowest BCUT2D eigenvalue weighted by Gasteiger charge is -2.18. The van der Waals surface area contributed by atoms with Crippen molar-refractivity contribution in [3.63, 3.8) is 0 Å². The maximum Gasteiger partial charge on any atom is 0.233 e. The minimum Gasteiger partial charge on any atom is -0.490 e. The van der Waals surface area contributed by atoms with Crippen LogP contribution in [0.3, 0.4) is 0 Å². The van der Waals surface area contributed by atoms with E-state index >= 15 is 0 Å². The zero-order chi connectivity index (χ0) is 11.7. The first kappa shape index (κ1) is 10.6. The third-order valence-corrected chi connectivity index (χ3v) is 2.29. The summed E-state index contributed by atoms with van der Waals surface area (Å²) in [5.74, 6) is -0.503. The molecule has 0 aromatic heterocycles. The second-order valence-electron chi connectivity index (χ2n) is 3.91. The minimum absolute atomic E-state index is 0.0275. The van der Waals surface area contributed by atoms with Crippen molar-refractivity contribution in [2.24, 2.45) is 0 Å². The van der Waals surface area contributed by atoms with Gasteiger partial charge in [0.25, 0.3) is 0 Å². The Morgan fingerprint density at radius 2 is 1.69 bits per heavy atom. The van der Waals surface area contributed by atoms with E-state index in [-0.39, 0.29) is 6.10 Å². The Hall–Kier alpha value is -1.90. The molecule has 0 atom stereocenters. The lowest BCUT2D eigenvalue weighted by molar-refractivity contribution is -0.111. The van der Waals surface area contributed by atoms with Crippen LogP contribution in [0.25, 0.3) is 5.76 Å². The maximum absolute atomic E-state index is 11.6. The fraction of sp³-hybridized carbons (Fsp3) is 0.231. The lowest BCUT2D eigenvalue weighted by Crippen LogP contribution is -2.20. The van der Waals surface area contributed by atoms with Gasteiger partial charge in [0, 0.05) is 17.2 Å². The molecule has 2 rings (SSSR count). The molecule has 0 saturated heterocycles. The van der Waals surface area contributed by atoms with Crippen LogP contribution in [-0.2, 0) is 9.53 Å². The molecular weight excluding hydrogens is 204 g/mol. The first-order valence-electron chi connectivity index (χ1n) is 5.16. The van der Waals surface area contributed by atoms with Crippen LogP contribution >= 0.6 is 0 Å². The largest absolute Gasteiger partial charge is 0.490 e. The van der Waals surface area contributed by atoms with Crippen molar-refractivity contribution in [1.82, 2.24) is 0 Å². The predicted molar refractivity (Wildman–Crippen MR) is 60.0 cm³/mol. The van der Waals surface area contributed by atoms with Gasteiger partial charge in [0.15, 0.2) is 0 Å². The molecule has 1 aliphatic rings. The number of hydrogen-bond acceptors (Lipinski definition) is 3.